The lowest BCUT2D eigenvalue weighted by Crippen LogP contribution is -2.40. The molecule has 5 nitrogen and oxygen atoms in total. The number of benzene rings is 1. The molecular weight excluding hydrogens is 302 g/mol. The number of hydrogen-bond acceptors (Lipinski definition) is 3. The molecule has 1 N–H and O–H groups in total. The number of carbonyl (C=O) groups is 2. The first-order chi connectivity index (χ1) is 11.6. The van der Waals surface area contributed by atoms with Crippen molar-refractivity contribution in [2.24, 2.45) is 5.92 Å². The van der Waals surface area contributed by atoms with Gasteiger partial charge in [-0.25, -0.2) is 0 Å². The molecule has 130 valence electrons. The van der Waals surface area contributed by atoms with Crippen molar-refractivity contribution in [3.8, 4) is 0 Å². The fourth-order valence-electron chi connectivity index (χ4n) is 3.10. The summed E-state index contributed by atoms with van der Waals surface area (Å²) in [4.78, 5) is 28.5. The van der Waals surface area contributed by atoms with Gasteiger partial charge in [0.25, 0.3) is 0 Å². The number of nitrogens with one attached hydrogen (secondary N) is 1. The van der Waals surface area contributed by atoms with Crippen molar-refractivity contribution >= 4 is 11.8 Å². The topological polar surface area (TPSA) is 52.7 Å². The van der Waals surface area contributed by atoms with Crippen LogP contribution in [0.2, 0.25) is 0 Å². The van der Waals surface area contributed by atoms with Crippen molar-refractivity contribution < 1.29 is 9.59 Å². The lowest BCUT2D eigenvalue weighted by Gasteiger charge is -2.21. The molecule has 24 heavy (non-hydrogen) atoms. The van der Waals surface area contributed by atoms with Crippen LogP contribution in [0.5, 0.6) is 0 Å². The van der Waals surface area contributed by atoms with Crippen LogP contribution in [0.1, 0.15) is 30.4 Å². The number of amides is 2. The van der Waals surface area contributed by atoms with E-state index in [0.717, 1.165) is 51.0 Å². The molecule has 0 spiro atoms. The second-order valence-electron chi connectivity index (χ2n) is 6.99. The molecule has 1 aliphatic carbocycles. The van der Waals surface area contributed by atoms with Gasteiger partial charge in [-0.3, -0.25) is 14.5 Å². The zero-order valence-electron chi connectivity index (χ0n) is 14.5. The van der Waals surface area contributed by atoms with Crippen molar-refractivity contribution in [3.05, 3.63) is 35.4 Å². The van der Waals surface area contributed by atoms with Crippen molar-refractivity contribution in [2.45, 2.75) is 32.7 Å². The molecule has 1 saturated heterocycles. The molecule has 0 atom stereocenters. The molecule has 1 heterocycles. The quantitative estimate of drug-likeness (QED) is 0.892. The van der Waals surface area contributed by atoms with Gasteiger partial charge < -0.3 is 10.2 Å². The number of rotatable bonds is 5. The summed E-state index contributed by atoms with van der Waals surface area (Å²) in [6, 6.07) is 8.20. The third-order valence-corrected chi connectivity index (χ3v) is 4.80. The fourth-order valence-corrected chi connectivity index (χ4v) is 3.10. The second-order valence-corrected chi connectivity index (χ2v) is 6.99. The molecule has 2 fully saturated rings. The van der Waals surface area contributed by atoms with E-state index in [0.29, 0.717) is 19.0 Å². The largest absolute Gasteiger partial charge is 0.351 e. The van der Waals surface area contributed by atoms with E-state index in [2.05, 4.69) is 29.3 Å². The highest BCUT2D eigenvalue weighted by Gasteiger charge is 2.33. The maximum atomic E-state index is 12.2. The number of carbonyl (C=O) groups excluding carboxylic acids is 2. The molecular formula is C19H27N3O2. The highest BCUT2D eigenvalue weighted by molar-refractivity contribution is 5.81. The van der Waals surface area contributed by atoms with Crippen molar-refractivity contribution in [1.82, 2.24) is 15.1 Å². The van der Waals surface area contributed by atoms with Gasteiger partial charge in [0.2, 0.25) is 11.8 Å². The van der Waals surface area contributed by atoms with E-state index in [1.807, 2.05) is 17.0 Å². The van der Waals surface area contributed by atoms with Crippen LogP contribution in [0.4, 0.5) is 0 Å². The van der Waals surface area contributed by atoms with Gasteiger partial charge in [-0.15, -0.1) is 0 Å². The summed E-state index contributed by atoms with van der Waals surface area (Å²) < 4.78 is 0. The summed E-state index contributed by atoms with van der Waals surface area (Å²) in [6.07, 6.45) is 3.06. The molecule has 3 rings (SSSR count). The SMILES string of the molecule is Cc1ccc(CNC(=O)CN2CCCN(C(=O)C3CC3)CC2)cc1. The molecule has 2 amide bonds. The second kappa shape index (κ2) is 7.79. The summed E-state index contributed by atoms with van der Waals surface area (Å²) in [6.45, 7) is 6.29. The Morgan fingerprint density at radius 3 is 2.54 bits per heavy atom. The first kappa shape index (κ1) is 17.0. The first-order valence-corrected chi connectivity index (χ1v) is 8.95. The average Bonchev–Trinajstić information content (AvgIpc) is 3.41. The average molecular weight is 329 g/mol. The Morgan fingerprint density at radius 1 is 1.08 bits per heavy atom. The Kier molecular flexibility index (Phi) is 5.51. The molecule has 0 aromatic heterocycles. The maximum absolute atomic E-state index is 12.2. The molecule has 1 aromatic rings. The molecule has 1 aliphatic heterocycles. The summed E-state index contributed by atoms with van der Waals surface area (Å²) in [5.74, 6) is 0.660. The molecule has 2 aliphatic rings. The van der Waals surface area contributed by atoms with Crippen molar-refractivity contribution in [3.63, 3.8) is 0 Å². The zero-order chi connectivity index (χ0) is 16.9. The third kappa shape index (κ3) is 4.81. The normalized spacial score (nSPS) is 19.0. The van der Waals surface area contributed by atoms with Crippen LogP contribution >= 0.6 is 0 Å². The predicted octanol–water partition coefficient (Wildman–Crippen LogP) is 1.56. The van der Waals surface area contributed by atoms with Gasteiger partial charge in [0.15, 0.2) is 0 Å². The molecule has 1 aromatic carbocycles. The van der Waals surface area contributed by atoms with Crippen LogP contribution in [-0.2, 0) is 16.1 Å². The minimum Gasteiger partial charge on any atom is -0.351 e. The zero-order valence-corrected chi connectivity index (χ0v) is 14.5. The molecule has 1 saturated carbocycles. The van der Waals surface area contributed by atoms with E-state index in [1.165, 1.54) is 5.56 Å². The number of hydrogen-bond donors (Lipinski definition) is 1. The lowest BCUT2D eigenvalue weighted by atomic mass is 10.1. The van der Waals surface area contributed by atoms with E-state index in [1.54, 1.807) is 0 Å². The first-order valence-electron chi connectivity index (χ1n) is 8.95. The molecule has 0 radical (unpaired) electrons. The predicted molar refractivity (Wildman–Crippen MR) is 93.4 cm³/mol. The van der Waals surface area contributed by atoms with Crippen LogP contribution in [-0.4, -0.2) is 54.3 Å². The Balaban J connectivity index is 1.41. The monoisotopic (exact) mass is 329 g/mol. The molecule has 0 unspecified atom stereocenters. The Bertz CT molecular complexity index is 581. The van der Waals surface area contributed by atoms with E-state index in [4.69, 9.17) is 0 Å². The minimum absolute atomic E-state index is 0.0533. The van der Waals surface area contributed by atoms with Crippen molar-refractivity contribution in [2.75, 3.05) is 32.7 Å². The van der Waals surface area contributed by atoms with Gasteiger partial charge in [0.1, 0.15) is 0 Å². The van der Waals surface area contributed by atoms with E-state index < -0.39 is 0 Å². The summed E-state index contributed by atoms with van der Waals surface area (Å²) >= 11 is 0. The van der Waals surface area contributed by atoms with E-state index >= 15 is 0 Å². The van der Waals surface area contributed by atoms with E-state index in [-0.39, 0.29) is 11.8 Å². The van der Waals surface area contributed by atoms with Crippen molar-refractivity contribution in [1.29, 1.82) is 0 Å². The van der Waals surface area contributed by atoms with Gasteiger partial charge in [0.05, 0.1) is 6.54 Å². The van der Waals surface area contributed by atoms with Gasteiger partial charge in [-0.2, -0.15) is 0 Å². The standard InChI is InChI=1S/C19H27N3O2/c1-15-3-5-16(6-4-15)13-20-18(23)14-21-9-2-10-22(12-11-21)19(24)17-7-8-17/h3-6,17H,2,7-14H2,1H3,(H,20,23). The Labute approximate surface area is 144 Å². The van der Waals surface area contributed by atoms with Crippen LogP contribution in [0.15, 0.2) is 24.3 Å². The van der Waals surface area contributed by atoms with Gasteiger partial charge >= 0.3 is 0 Å². The molecule has 0 bridgehead atoms. The number of aryl methyl sites for hydroxylation is 1. The highest BCUT2D eigenvalue weighted by atomic mass is 16.2. The van der Waals surface area contributed by atoms with E-state index in [9.17, 15) is 9.59 Å². The Hall–Kier alpha value is -1.88. The van der Waals surface area contributed by atoms with Crippen LogP contribution in [0.3, 0.4) is 0 Å². The minimum atomic E-state index is 0.0533. The van der Waals surface area contributed by atoms with Gasteiger partial charge in [-0.1, -0.05) is 29.8 Å². The van der Waals surface area contributed by atoms with Crippen LogP contribution in [0.25, 0.3) is 0 Å². The lowest BCUT2D eigenvalue weighted by molar-refractivity contribution is -0.132. The summed E-state index contributed by atoms with van der Waals surface area (Å²) in [5, 5.41) is 2.99. The third-order valence-electron chi connectivity index (χ3n) is 4.80. The molecule has 5 heteroatoms. The van der Waals surface area contributed by atoms with Crippen LogP contribution in [0, 0.1) is 12.8 Å². The summed E-state index contributed by atoms with van der Waals surface area (Å²) in [5.41, 5.74) is 2.34. The fraction of sp³-hybridized carbons (Fsp3) is 0.579. The van der Waals surface area contributed by atoms with Crippen LogP contribution < -0.4 is 5.32 Å². The number of nitrogens with zero attached hydrogens (tertiary/aromatic N) is 2. The van der Waals surface area contributed by atoms with Gasteiger partial charge in [0, 0.05) is 38.6 Å². The summed E-state index contributed by atoms with van der Waals surface area (Å²) in [7, 11) is 0. The Morgan fingerprint density at radius 2 is 1.83 bits per heavy atom. The smallest absolute Gasteiger partial charge is 0.234 e. The highest BCUT2D eigenvalue weighted by Crippen LogP contribution is 2.31. The van der Waals surface area contributed by atoms with Gasteiger partial charge in [-0.05, 0) is 31.7 Å². The maximum Gasteiger partial charge on any atom is 0.234 e.